The number of aromatic nitrogens is 2. The van der Waals surface area contributed by atoms with Crippen molar-refractivity contribution in [1.29, 1.82) is 0 Å². The molecule has 1 aromatic heterocycles. The summed E-state index contributed by atoms with van der Waals surface area (Å²) in [7, 11) is 0. The van der Waals surface area contributed by atoms with Crippen molar-refractivity contribution in [2.45, 2.75) is 12.6 Å². The normalized spacial score (nSPS) is 18.7. The van der Waals surface area contributed by atoms with Gasteiger partial charge in [0.05, 0.1) is 11.3 Å². The van der Waals surface area contributed by atoms with Gasteiger partial charge in [-0.2, -0.15) is 4.57 Å². The molecule has 0 bridgehead atoms. The molecule has 3 nitrogen and oxygen atoms in total. The summed E-state index contributed by atoms with van der Waals surface area (Å²) in [4.78, 5) is 3.62. The van der Waals surface area contributed by atoms with E-state index in [0.29, 0.717) is 0 Å². The van der Waals surface area contributed by atoms with Crippen molar-refractivity contribution >= 4 is 16.7 Å². The average molecular weight is 312 g/mol. The maximum absolute atomic E-state index is 3.77. The van der Waals surface area contributed by atoms with E-state index in [1.165, 1.54) is 16.6 Å². The number of benzene rings is 3. The van der Waals surface area contributed by atoms with Crippen LogP contribution < -0.4 is 9.88 Å². The number of aromatic amines is 1. The average Bonchev–Trinajstić information content (AvgIpc) is 3.03. The molecule has 3 heteroatoms. The van der Waals surface area contributed by atoms with E-state index in [1.807, 2.05) is 0 Å². The largest absolute Gasteiger partial charge is 0.340 e. The van der Waals surface area contributed by atoms with Gasteiger partial charge in [-0.1, -0.05) is 54.6 Å². The van der Waals surface area contributed by atoms with Gasteiger partial charge in [-0.25, -0.2) is 4.98 Å². The molecule has 0 saturated heterocycles. The fourth-order valence-electron chi connectivity index (χ4n) is 3.81. The minimum atomic E-state index is -0.357. The lowest BCUT2D eigenvalue weighted by atomic mass is 9.96. The molecule has 1 atom stereocenters. The Labute approximate surface area is 140 Å². The number of para-hydroxylation sites is 3. The molecular formula is C21H18N3+. The molecule has 24 heavy (non-hydrogen) atoms. The van der Waals surface area contributed by atoms with Crippen molar-refractivity contribution in [2.75, 3.05) is 5.32 Å². The van der Waals surface area contributed by atoms with Crippen LogP contribution in [-0.4, -0.2) is 4.98 Å². The lowest BCUT2D eigenvalue weighted by molar-refractivity contribution is -0.711. The topological polar surface area (TPSA) is 31.7 Å². The second-order valence-electron chi connectivity index (χ2n) is 6.43. The Kier molecular flexibility index (Phi) is 2.63. The molecule has 3 aromatic carbocycles. The number of hydrogen-bond acceptors (Lipinski definition) is 1. The van der Waals surface area contributed by atoms with E-state index in [2.05, 4.69) is 101 Å². The molecule has 0 radical (unpaired) electrons. The lowest BCUT2D eigenvalue weighted by Gasteiger charge is -2.34. The van der Waals surface area contributed by atoms with E-state index < -0.39 is 0 Å². The summed E-state index contributed by atoms with van der Waals surface area (Å²) in [6.07, 6.45) is 0. The Morgan fingerprint density at radius 1 is 0.792 bits per heavy atom. The molecule has 1 unspecified atom stereocenters. The van der Waals surface area contributed by atoms with Crippen molar-refractivity contribution in [2.24, 2.45) is 0 Å². The highest BCUT2D eigenvalue weighted by molar-refractivity contribution is 5.81. The van der Waals surface area contributed by atoms with Crippen molar-refractivity contribution in [3.63, 3.8) is 0 Å². The maximum atomic E-state index is 3.77. The summed E-state index contributed by atoms with van der Waals surface area (Å²) >= 11 is 0. The third kappa shape index (κ3) is 1.69. The number of nitrogens with one attached hydrogen (secondary N) is 2. The Bertz CT molecular complexity index is 1050. The van der Waals surface area contributed by atoms with Gasteiger partial charge in [-0.05, 0) is 24.3 Å². The highest BCUT2D eigenvalue weighted by Crippen LogP contribution is 2.37. The third-order valence-corrected chi connectivity index (χ3v) is 4.97. The number of anilines is 1. The zero-order valence-corrected chi connectivity index (χ0v) is 13.5. The lowest BCUT2D eigenvalue weighted by Crippen LogP contribution is -2.62. The van der Waals surface area contributed by atoms with E-state index >= 15 is 0 Å². The summed E-state index contributed by atoms with van der Waals surface area (Å²) in [5.41, 5.74) is 5.56. The smallest absolute Gasteiger partial charge is 0.291 e. The van der Waals surface area contributed by atoms with E-state index in [1.54, 1.807) is 0 Å². The zero-order valence-electron chi connectivity index (χ0n) is 13.5. The molecule has 0 aliphatic carbocycles. The highest BCUT2D eigenvalue weighted by Gasteiger charge is 2.43. The van der Waals surface area contributed by atoms with Gasteiger partial charge >= 0.3 is 0 Å². The van der Waals surface area contributed by atoms with Crippen LogP contribution in [-0.2, 0) is 5.66 Å². The Balaban J connectivity index is 1.91. The minimum Gasteiger partial charge on any atom is -0.340 e. The minimum absolute atomic E-state index is 0.357. The van der Waals surface area contributed by atoms with Gasteiger partial charge in [0, 0.05) is 12.5 Å². The van der Waals surface area contributed by atoms with Gasteiger partial charge < -0.3 is 5.32 Å². The van der Waals surface area contributed by atoms with Gasteiger partial charge in [0.1, 0.15) is 0 Å². The monoisotopic (exact) mass is 312 g/mol. The summed E-state index contributed by atoms with van der Waals surface area (Å²) in [5.74, 6) is 1.14. The highest BCUT2D eigenvalue weighted by atomic mass is 15.3. The maximum Gasteiger partial charge on any atom is 0.291 e. The molecule has 0 spiro atoms. The van der Waals surface area contributed by atoms with E-state index in [-0.39, 0.29) is 5.66 Å². The molecule has 2 heterocycles. The first kappa shape index (κ1) is 13.4. The quantitative estimate of drug-likeness (QED) is 0.505. The summed E-state index contributed by atoms with van der Waals surface area (Å²) < 4.78 is 2.38. The number of H-pyrrole nitrogens is 1. The van der Waals surface area contributed by atoms with Crippen LogP contribution in [0.25, 0.3) is 22.4 Å². The van der Waals surface area contributed by atoms with E-state index in [9.17, 15) is 0 Å². The van der Waals surface area contributed by atoms with Crippen molar-refractivity contribution in [3.05, 3.63) is 84.4 Å². The molecule has 4 aromatic rings. The first-order valence-electron chi connectivity index (χ1n) is 8.24. The standard InChI is InChI=1S/C21H17N3/c1-21(15-9-3-2-4-10-15)23-17-12-6-5-11-16(17)20-22-18-13-7-8-14-19(18)24(20)21/h2-14H,1H3,(H,22,23)/p+1. The van der Waals surface area contributed by atoms with E-state index in [0.717, 1.165) is 17.0 Å². The second kappa shape index (κ2) is 4.71. The van der Waals surface area contributed by atoms with Gasteiger partial charge in [0.25, 0.3) is 5.82 Å². The van der Waals surface area contributed by atoms with Gasteiger partial charge in [0.15, 0.2) is 11.0 Å². The van der Waals surface area contributed by atoms with Crippen molar-refractivity contribution in [1.82, 2.24) is 4.98 Å². The second-order valence-corrected chi connectivity index (χ2v) is 6.43. The number of imidazole rings is 1. The summed E-state index contributed by atoms with van der Waals surface area (Å²) in [6.45, 7) is 2.24. The first-order chi connectivity index (χ1) is 11.8. The third-order valence-electron chi connectivity index (χ3n) is 4.97. The summed E-state index contributed by atoms with van der Waals surface area (Å²) in [5, 5.41) is 3.77. The molecule has 116 valence electrons. The van der Waals surface area contributed by atoms with Crippen LogP contribution >= 0.6 is 0 Å². The Morgan fingerprint density at radius 3 is 2.38 bits per heavy atom. The van der Waals surface area contributed by atoms with Crippen LogP contribution in [0.3, 0.4) is 0 Å². The molecule has 0 saturated carbocycles. The predicted molar refractivity (Wildman–Crippen MR) is 96.7 cm³/mol. The van der Waals surface area contributed by atoms with Gasteiger partial charge in [0.2, 0.25) is 5.66 Å². The number of fused-ring (bicyclic) bond motifs is 5. The fraction of sp³-hybridized carbons (Fsp3) is 0.0952. The van der Waals surface area contributed by atoms with Crippen LogP contribution in [0.5, 0.6) is 0 Å². The van der Waals surface area contributed by atoms with Gasteiger partial charge in [-0.3, -0.25) is 0 Å². The molecule has 1 aliphatic rings. The molecule has 2 N–H and O–H groups in total. The summed E-state index contributed by atoms with van der Waals surface area (Å²) in [6, 6.07) is 27.6. The molecule has 5 rings (SSSR count). The van der Waals surface area contributed by atoms with Crippen LogP contribution in [0, 0.1) is 0 Å². The van der Waals surface area contributed by atoms with Crippen LogP contribution in [0.1, 0.15) is 12.5 Å². The van der Waals surface area contributed by atoms with Crippen LogP contribution in [0.15, 0.2) is 78.9 Å². The number of nitrogens with zero attached hydrogens (tertiary/aromatic N) is 1. The molecule has 0 fully saturated rings. The molecular weight excluding hydrogens is 294 g/mol. The van der Waals surface area contributed by atoms with Gasteiger partial charge in [-0.15, -0.1) is 0 Å². The zero-order chi connectivity index (χ0) is 16.1. The fourth-order valence-corrected chi connectivity index (χ4v) is 3.81. The van der Waals surface area contributed by atoms with Crippen molar-refractivity contribution < 1.29 is 4.57 Å². The Hall–Kier alpha value is -3.07. The van der Waals surface area contributed by atoms with E-state index in [4.69, 9.17) is 0 Å². The van der Waals surface area contributed by atoms with Crippen molar-refractivity contribution in [3.8, 4) is 11.4 Å². The molecule has 0 amide bonds. The van der Waals surface area contributed by atoms with Crippen LogP contribution in [0.2, 0.25) is 0 Å². The first-order valence-corrected chi connectivity index (χ1v) is 8.24. The molecule has 1 aliphatic heterocycles. The SMILES string of the molecule is CC1(c2ccccc2)Nc2ccccc2-c2[nH]c3ccccc3[n+]21. The number of hydrogen-bond donors (Lipinski definition) is 2. The number of rotatable bonds is 1. The predicted octanol–water partition coefficient (Wildman–Crippen LogP) is 4.27. The van der Waals surface area contributed by atoms with Crippen LogP contribution in [0.4, 0.5) is 5.69 Å². The Morgan fingerprint density at radius 2 is 1.50 bits per heavy atom.